The van der Waals surface area contributed by atoms with Crippen LogP contribution >= 0.6 is 0 Å². The topological polar surface area (TPSA) is 48.9 Å². The highest BCUT2D eigenvalue weighted by atomic mass is 16.5. The van der Waals surface area contributed by atoms with Crippen LogP contribution in [0.3, 0.4) is 0 Å². The second kappa shape index (κ2) is 9.93. The minimum Gasteiger partial charge on any atom is -0.381 e. The molecular formula is C21H36N4O. The Balaban J connectivity index is 2.05. The molecule has 5 nitrogen and oxygen atoms in total. The quantitative estimate of drug-likeness (QED) is 0.580. The molecule has 0 aliphatic carbocycles. The SMILES string of the molecule is CCNC(=NCC1(N(C)C)CCOCC1)NC(C)C(C)c1ccccc1. The summed E-state index contributed by atoms with van der Waals surface area (Å²) in [5.74, 6) is 1.31. The van der Waals surface area contributed by atoms with Crippen molar-refractivity contribution in [3.8, 4) is 0 Å². The summed E-state index contributed by atoms with van der Waals surface area (Å²) in [5, 5.41) is 7.01. The van der Waals surface area contributed by atoms with Crippen molar-refractivity contribution < 1.29 is 4.74 Å². The van der Waals surface area contributed by atoms with Crippen molar-refractivity contribution in [2.75, 3.05) is 40.4 Å². The summed E-state index contributed by atoms with van der Waals surface area (Å²) < 4.78 is 5.57. The maximum Gasteiger partial charge on any atom is 0.191 e. The van der Waals surface area contributed by atoms with E-state index in [9.17, 15) is 0 Å². The van der Waals surface area contributed by atoms with Crippen LogP contribution < -0.4 is 10.6 Å². The zero-order valence-electron chi connectivity index (χ0n) is 17.1. The number of rotatable bonds is 7. The van der Waals surface area contributed by atoms with Gasteiger partial charge < -0.3 is 20.3 Å². The van der Waals surface area contributed by atoms with Crippen LogP contribution in [0.15, 0.2) is 35.3 Å². The molecule has 1 aromatic carbocycles. The van der Waals surface area contributed by atoms with Crippen LogP contribution in [-0.4, -0.2) is 62.8 Å². The number of hydrogen-bond acceptors (Lipinski definition) is 3. The van der Waals surface area contributed by atoms with E-state index >= 15 is 0 Å². The maximum atomic E-state index is 5.57. The lowest BCUT2D eigenvalue weighted by Crippen LogP contribution is -2.52. The molecule has 5 heteroatoms. The van der Waals surface area contributed by atoms with Crippen molar-refractivity contribution >= 4 is 5.96 Å². The average Bonchev–Trinajstić information content (AvgIpc) is 2.67. The van der Waals surface area contributed by atoms with Crippen LogP contribution in [0.5, 0.6) is 0 Å². The number of guanidine groups is 1. The van der Waals surface area contributed by atoms with Crippen molar-refractivity contribution in [3.05, 3.63) is 35.9 Å². The van der Waals surface area contributed by atoms with E-state index in [-0.39, 0.29) is 5.54 Å². The first kappa shape index (κ1) is 20.7. The van der Waals surface area contributed by atoms with Gasteiger partial charge in [0.1, 0.15) is 0 Å². The molecular weight excluding hydrogens is 324 g/mol. The maximum absolute atomic E-state index is 5.57. The second-order valence-electron chi connectivity index (χ2n) is 7.56. The monoisotopic (exact) mass is 360 g/mol. The molecule has 1 heterocycles. The molecule has 0 amide bonds. The Morgan fingerprint density at radius 2 is 1.85 bits per heavy atom. The predicted octanol–water partition coefficient (Wildman–Crippen LogP) is 2.84. The minimum atomic E-state index is 0.0921. The van der Waals surface area contributed by atoms with Crippen LogP contribution in [0.1, 0.15) is 45.1 Å². The molecule has 1 saturated heterocycles. The number of nitrogens with one attached hydrogen (secondary N) is 2. The molecule has 146 valence electrons. The zero-order chi connectivity index (χ0) is 19.0. The summed E-state index contributed by atoms with van der Waals surface area (Å²) in [7, 11) is 4.31. The van der Waals surface area contributed by atoms with Crippen molar-refractivity contribution in [2.45, 2.75) is 51.1 Å². The molecule has 2 N–H and O–H groups in total. The van der Waals surface area contributed by atoms with Crippen LogP contribution in [0.25, 0.3) is 0 Å². The first-order valence-corrected chi connectivity index (χ1v) is 9.83. The fourth-order valence-corrected chi connectivity index (χ4v) is 3.43. The zero-order valence-corrected chi connectivity index (χ0v) is 17.1. The summed E-state index contributed by atoms with van der Waals surface area (Å²) in [6, 6.07) is 10.9. The lowest BCUT2D eigenvalue weighted by molar-refractivity contribution is -0.00255. The van der Waals surface area contributed by atoms with Crippen LogP contribution in [0, 0.1) is 0 Å². The normalized spacial score (nSPS) is 19.8. The molecule has 1 aromatic rings. The van der Waals surface area contributed by atoms with Crippen molar-refractivity contribution in [3.63, 3.8) is 0 Å². The summed E-state index contributed by atoms with van der Waals surface area (Å²) in [6.45, 7) is 9.87. The first-order valence-electron chi connectivity index (χ1n) is 9.83. The highest BCUT2D eigenvalue weighted by molar-refractivity contribution is 5.80. The number of nitrogens with zero attached hydrogens (tertiary/aromatic N) is 2. The Morgan fingerprint density at radius 1 is 1.19 bits per heavy atom. The lowest BCUT2D eigenvalue weighted by atomic mass is 9.89. The van der Waals surface area contributed by atoms with E-state index in [0.717, 1.165) is 45.1 Å². The third-order valence-corrected chi connectivity index (χ3v) is 5.69. The fraction of sp³-hybridized carbons (Fsp3) is 0.667. The van der Waals surface area contributed by atoms with Crippen LogP contribution in [0.4, 0.5) is 0 Å². The molecule has 1 aliphatic rings. The van der Waals surface area contributed by atoms with Gasteiger partial charge in [0.15, 0.2) is 5.96 Å². The molecule has 0 spiro atoms. The third kappa shape index (κ3) is 5.45. The van der Waals surface area contributed by atoms with E-state index in [0.29, 0.717) is 12.0 Å². The van der Waals surface area contributed by atoms with Gasteiger partial charge in [0.05, 0.1) is 6.54 Å². The van der Waals surface area contributed by atoms with Crippen LogP contribution in [0.2, 0.25) is 0 Å². The summed E-state index contributed by atoms with van der Waals surface area (Å²) in [4.78, 5) is 7.26. The highest BCUT2D eigenvalue weighted by Gasteiger charge is 2.34. The molecule has 0 bridgehead atoms. The Morgan fingerprint density at radius 3 is 2.42 bits per heavy atom. The van der Waals surface area contributed by atoms with Crippen LogP contribution in [-0.2, 0) is 4.74 Å². The van der Waals surface area contributed by atoms with Gasteiger partial charge in [-0.1, -0.05) is 37.3 Å². The van der Waals surface area contributed by atoms with Crippen molar-refractivity contribution in [1.82, 2.24) is 15.5 Å². The van der Waals surface area contributed by atoms with Gasteiger partial charge in [0.2, 0.25) is 0 Å². The first-order chi connectivity index (χ1) is 12.5. The van der Waals surface area contributed by atoms with E-state index in [1.54, 1.807) is 0 Å². The number of hydrogen-bond donors (Lipinski definition) is 2. The fourth-order valence-electron chi connectivity index (χ4n) is 3.43. The van der Waals surface area contributed by atoms with Gasteiger partial charge in [0.25, 0.3) is 0 Å². The molecule has 26 heavy (non-hydrogen) atoms. The minimum absolute atomic E-state index is 0.0921. The largest absolute Gasteiger partial charge is 0.381 e. The molecule has 0 saturated carbocycles. The Kier molecular flexibility index (Phi) is 7.91. The molecule has 1 aliphatic heterocycles. The van der Waals surface area contributed by atoms with E-state index in [1.165, 1.54) is 5.56 Å². The predicted molar refractivity (Wildman–Crippen MR) is 110 cm³/mol. The summed E-state index contributed by atoms with van der Waals surface area (Å²) in [5.41, 5.74) is 1.44. The highest BCUT2D eigenvalue weighted by Crippen LogP contribution is 2.26. The molecule has 0 radical (unpaired) electrons. The van der Waals surface area contributed by atoms with Crippen molar-refractivity contribution in [1.29, 1.82) is 0 Å². The van der Waals surface area contributed by atoms with E-state index in [4.69, 9.17) is 9.73 Å². The van der Waals surface area contributed by atoms with Gasteiger partial charge >= 0.3 is 0 Å². The van der Waals surface area contributed by atoms with Gasteiger partial charge in [-0.3, -0.25) is 4.99 Å². The average molecular weight is 361 g/mol. The van der Waals surface area contributed by atoms with Gasteiger partial charge in [-0.05, 0) is 46.3 Å². The van der Waals surface area contributed by atoms with Gasteiger partial charge in [-0.2, -0.15) is 0 Å². The molecule has 0 aromatic heterocycles. The third-order valence-electron chi connectivity index (χ3n) is 5.69. The Labute approximate surface area is 159 Å². The van der Waals surface area contributed by atoms with Crippen molar-refractivity contribution in [2.24, 2.45) is 4.99 Å². The summed E-state index contributed by atoms with van der Waals surface area (Å²) >= 11 is 0. The van der Waals surface area contributed by atoms with Gasteiger partial charge in [-0.15, -0.1) is 0 Å². The molecule has 2 rings (SSSR count). The second-order valence-corrected chi connectivity index (χ2v) is 7.56. The number of likely N-dealkylation sites (N-methyl/N-ethyl adjacent to an activating group) is 1. The molecule has 2 unspecified atom stereocenters. The summed E-state index contributed by atoms with van der Waals surface area (Å²) in [6.07, 6.45) is 2.05. The smallest absolute Gasteiger partial charge is 0.191 e. The van der Waals surface area contributed by atoms with Gasteiger partial charge in [0, 0.05) is 37.3 Å². The molecule has 1 fully saturated rings. The molecule has 2 atom stereocenters. The Bertz CT molecular complexity index is 552. The van der Waals surface area contributed by atoms with Gasteiger partial charge in [-0.25, -0.2) is 0 Å². The van der Waals surface area contributed by atoms with E-state index < -0.39 is 0 Å². The number of benzene rings is 1. The Hall–Kier alpha value is -1.59. The number of aliphatic imine (C=N–C) groups is 1. The van der Waals surface area contributed by atoms with E-state index in [2.05, 4.69) is 80.7 Å². The van der Waals surface area contributed by atoms with E-state index in [1.807, 2.05) is 0 Å². The standard InChI is InChI=1S/C21H36N4O/c1-6-22-20(23-16-21(25(4)5)12-14-26-15-13-21)24-18(3)17(2)19-10-8-7-9-11-19/h7-11,17-18H,6,12-16H2,1-5H3,(H2,22,23,24). The lowest BCUT2D eigenvalue weighted by Gasteiger charge is -2.41. The number of ether oxygens (including phenoxy) is 1.